The number of benzene rings is 2. The second-order valence-corrected chi connectivity index (χ2v) is 18.8. The summed E-state index contributed by atoms with van der Waals surface area (Å²) in [5.74, 6) is 0. The van der Waals surface area contributed by atoms with Crippen molar-refractivity contribution in [3.05, 3.63) is 173 Å². The topological polar surface area (TPSA) is 46.2 Å². The number of nitrogens with zero attached hydrogens (tertiary/aromatic N) is 2. The van der Waals surface area contributed by atoms with Gasteiger partial charge in [-0.2, -0.15) is 0 Å². The third-order valence-corrected chi connectivity index (χ3v) is 17.3. The van der Waals surface area contributed by atoms with Gasteiger partial charge in [0.1, 0.15) is 8.07 Å². The lowest BCUT2D eigenvalue weighted by Gasteiger charge is -2.46. The molecule has 2 atom stereocenters. The molecule has 0 amide bonds. The van der Waals surface area contributed by atoms with Crippen LogP contribution < -0.4 is 21.4 Å². The van der Waals surface area contributed by atoms with Gasteiger partial charge in [0, 0.05) is 46.9 Å². The molecule has 0 saturated carbocycles. The summed E-state index contributed by atoms with van der Waals surface area (Å²) in [7, 11) is -2.51. The number of hydrogen-bond donors (Lipinski definition) is 2. The van der Waals surface area contributed by atoms with E-state index in [1.165, 1.54) is 55.7 Å². The van der Waals surface area contributed by atoms with E-state index in [0.717, 1.165) is 57.9 Å². The normalized spacial score (nSPS) is 21.4. The molecular formula is C46H50N4Si. The van der Waals surface area contributed by atoms with Crippen LogP contribution in [0.25, 0.3) is 17.8 Å². The van der Waals surface area contributed by atoms with E-state index in [2.05, 4.69) is 155 Å². The number of nitrogens with one attached hydrogen (secondary N) is 1. The maximum Gasteiger partial charge on any atom is 0.132 e. The molecule has 0 saturated heterocycles. The number of rotatable bonds is 9. The Hall–Kier alpha value is -5.00. The summed E-state index contributed by atoms with van der Waals surface area (Å²) in [6.45, 7) is 3.21. The van der Waals surface area contributed by atoms with Crippen molar-refractivity contribution in [2.24, 2.45) is 5.73 Å². The van der Waals surface area contributed by atoms with Crippen LogP contribution in [0, 0.1) is 0 Å². The molecule has 8 rings (SSSR count). The fourth-order valence-electron chi connectivity index (χ4n) is 9.35. The van der Waals surface area contributed by atoms with Gasteiger partial charge in [0.25, 0.3) is 0 Å². The Bertz CT molecular complexity index is 1990. The van der Waals surface area contributed by atoms with Gasteiger partial charge in [-0.15, -0.1) is 0 Å². The lowest BCUT2D eigenvalue weighted by Crippen LogP contribution is -2.64. The van der Waals surface area contributed by atoms with E-state index < -0.39 is 8.07 Å². The van der Waals surface area contributed by atoms with Crippen molar-refractivity contribution in [1.29, 1.82) is 0 Å². The van der Waals surface area contributed by atoms with Crippen LogP contribution in [0.3, 0.4) is 0 Å². The smallest absolute Gasteiger partial charge is 0.132 e. The molecule has 0 radical (unpaired) electrons. The second-order valence-electron chi connectivity index (χ2n) is 14.4. The molecule has 3 N–H and O–H groups in total. The summed E-state index contributed by atoms with van der Waals surface area (Å²) in [4.78, 5) is 2.43. The number of nitrogens with two attached hydrogens (primary N) is 1. The Balaban J connectivity index is 1.25. The first kappa shape index (κ1) is 33.2. The minimum absolute atomic E-state index is 0.383. The fourth-order valence-corrected chi connectivity index (χ4v) is 15.2. The predicted octanol–water partition coefficient (Wildman–Crippen LogP) is 8.96. The van der Waals surface area contributed by atoms with Crippen molar-refractivity contribution in [3.63, 3.8) is 0 Å². The van der Waals surface area contributed by atoms with Gasteiger partial charge in [0.2, 0.25) is 0 Å². The Morgan fingerprint density at radius 1 is 0.863 bits per heavy atom. The lowest BCUT2D eigenvalue weighted by atomic mass is 9.95. The number of allylic oxidation sites excluding steroid dienone is 13. The van der Waals surface area contributed by atoms with E-state index in [-0.39, 0.29) is 0 Å². The zero-order chi connectivity index (χ0) is 34.6. The van der Waals surface area contributed by atoms with E-state index in [9.17, 15) is 0 Å². The predicted molar refractivity (Wildman–Crippen MR) is 219 cm³/mol. The second kappa shape index (κ2) is 14.7. The van der Waals surface area contributed by atoms with Gasteiger partial charge in [0.15, 0.2) is 0 Å². The van der Waals surface area contributed by atoms with Crippen molar-refractivity contribution in [2.75, 3.05) is 6.54 Å². The zero-order valence-electron chi connectivity index (χ0n) is 29.8. The summed E-state index contributed by atoms with van der Waals surface area (Å²) in [6, 6.07) is 23.1. The number of aromatic nitrogens is 1. The minimum atomic E-state index is -2.51. The summed E-state index contributed by atoms with van der Waals surface area (Å²) >= 11 is 0. The van der Waals surface area contributed by atoms with Gasteiger partial charge in [-0.25, -0.2) is 0 Å². The van der Waals surface area contributed by atoms with Crippen LogP contribution in [0.1, 0.15) is 68.0 Å². The van der Waals surface area contributed by atoms with Crippen LogP contribution in [-0.2, 0) is 12.8 Å². The highest BCUT2D eigenvalue weighted by atomic mass is 28.3. The molecular weight excluding hydrogens is 637 g/mol. The first-order valence-electron chi connectivity index (χ1n) is 19.0. The first-order chi connectivity index (χ1) is 25.2. The Labute approximate surface area is 305 Å². The first-order valence-corrected chi connectivity index (χ1v) is 21.1. The zero-order valence-corrected chi connectivity index (χ0v) is 30.8. The molecule has 0 spiro atoms. The molecule has 0 bridgehead atoms. The molecule has 4 aliphatic carbocycles. The molecule has 51 heavy (non-hydrogen) atoms. The van der Waals surface area contributed by atoms with Crippen LogP contribution in [0.2, 0.25) is 11.1 Å². The van der Waals surface area contributed by atoms with Crippen molar-refractivity contribution < 1.29 is 0 Å². The maximum atomic E-state index is 5.78. The van der Waals surface area contributed by atoms with Gasteiger partial charge >= 0.3 is 0 Å². The van der Waals surface area contributed by atoms with Gasteiger partial charge in [-0.3, -0.25) is 0 Å². The molecule has 1 aromatic heterocycles. The van der Waals surface area contributed by atoms with Gasteiger partial charge < -0.3 is 20.5 Å². The fraction of sp³-hybridized carbons (Fsp3) is 0.261. The average molecular weight is 687 g/mol. The summed E-state index contributed by atoms with van der Waals surface area (Å²) in [5.41, 5.74) is 17.5. The minimum Gasteiger partial charge on any atom is -0.405 e. The molecule has 2 unspecified atom stereocenters. The number of fused-ring (bicyclic) bond motifs is 3. The molecule has 0 fully saturated rings. The largest absolute Gasteiger partial charge is 0.405 e. The third-order valence-electron chi connectivity index (χ3n) is 11.6. The van der Waals surface area contributed by atoms with Gasteiger partial charge in [0.05, 0.1) is 0 Å². The van der Waals surface area contributed by atoms with Gasteiger partial charge in [-0.1, -0.05) is 114 Å². The van der Waals surface area contributed by atoms with E-state index in [4.69, 9.17) is 5.73 Å². The molecule has 3 aromatic rings. The molecule has 4 nitrogen and oxygen atoms in total. The molecule has 1 aliphatic heterocycles. The van der Waals surface area contributed by atoms with E-state index >= 15 is 0 Å². The molecule has 5 aliphatic rings. The van der Waals surface area contributed by atoms with Gasteiger partial charge in [-0.05, 0) is 117 Å². The Morgan fingerprint density at radius 3 is 2.29 bits per heavy atom. The molecule has 258 valence electrons. The molecule has 2 aromatic carbocycles. The number of hydrogen-bond acceptors (Lipinski definition) is 3. The van der Waals surface area contributed by atoms with E-state index in [1.54, 1.807) is 6.20 Å². The monoisotopic (exact) mass is 686 g/mol. The Kier molecular flexibility index (Phi) is 9.55. The quantitative estimate of drug-likeness (QED) is 0.175. The SMILES string of the molecule is C/C(=C\C=C/N)N(C1=CCC([Si](c2ccccc2)(c2ccccc2)C2C=Cc3c(c4c(n3C3=CCCC=C3)CCC=C4)C2)C=C1)C1=CNCCC1. The highest BCUT2D eigenvalue weighted by Gasteiger charge is 2.50. The van der Waals surface area contributed by atoms with Crippen LogP contribution in [-0.4, -0.2) is 24.1 Å². The van der Waals surface area contributed by atoms with Crippen molar-refractivity contribution in [1.82, 2.24) is 14.8 Å². The van der Waals surface area contributed by atoms with Crippen molar-refractivity contribution >= 4 is 36.3 Å². The van der Waals surface area contributed by atoms with Crippen LogP contribution in [0.5, 0.6) is 0 Å². The lowest BCUT2D eigenvalue weighted by molar-refractivity contribution is 0.480. The summed E-state index contributed by atoms with van der Waals surface area (Å²) < 4.78 is 2.60. The van der Waals surface area contributed by atoms with Crippen molar-refractivity contribution in [3.8, 4) is 0 Å². The molecule has 2 heterocycles. The van der Waals surface area contributed by atoms with Crippen molar-refractivity contribution in [2.45, 2.75) is 69.4 Å². The summed E-state index contributed by atoms with van der Waals surface area (Å²) in [5, 5.41) is 6.53. The Morgan fingerprint density at radius 2 is 1.63 bits per heavy atom. The third kappa shape index (κ3) is 6.08. The molecule has 5 heteroatoms. The average Bonchev–Trinajstić information content (AvgIpc) is 3.53. The van der Waals surface area contributed by atoms with E-state index in [1.807, 2.05) is 6.08 Å². The van der Waals surface area contributed by atoms with E-state index in [0.29, 0.717) is 11.1 Å². The van der Waals surface area contributed by atoms with Crippen LogP contribution >= 0.6 is 0 Å². The van der Waals surface area contributed by atoms with Crippen LogP contribution in [0.4, 0.5) is 0 Å². The highest BCUT2D eigenvalue weighted by Crippen LogP contribution is 2.47. The standard InChI is InChI=1S/C46H50N4Si/c1-35(15-13-31-47)49(38-18-14-32-48-34-38)37-25-27-41(28-26-37)51(39-19-7-3-8-20-39,40-21-9-4-10-22-40)42-29-30-46-44(33-42)43-23-11-12-24-45(43)50(46)36-16-5-2-6-17-36/h3-5,7-11,13,15-17,19-23,25-27,29-31,34,41-42,48H,2,6,12,14,18,24,28,32-33,47H2,1H3/b31-13-,35-15+. The maximum absolute atomic E-state index is 5.78. The summed E-state index contributed by atoms with van der Waals surface area (Å²) in [6.07, 6.45) is 41.1. The highest BCUT2D eigenvalue weighted by molar-refractivity contribution is 7.05. The van der Waals surface area contributed by atoms with Crippen LogP contribution in [0.15, 0.2) is 151 Å².